The Hall–Kier alpha value is -2.65. The fraction of sp³-hybridized carbons (Fsp3) is 0.304. The Morgan fingerprint density at radius 2 is 1.38 bits per heavy atom. The molecule has 0 aliphatic rings. The van der Waals surface area contributed by atoms with Crippen LogP contribution >= 0.6 is 7.14 Å². The molecule has 0 amide bonds. The summed E-state index contributed by atoms with van der Waals surface area (Å²) in [5, 5.41) is 1.20. The second-order valence-corrected chi connectivity index (χ2v) is 9.63. The molecule has 3 atom stereocenters. The number of ether oxygens (including phenoxy) is 2. The topological polar surface area (TPSA) is 69.7 Å². The van der Waals surface area contributed by atoms with Crippen LogP contribution in [0.3, 0.4) is 0 Å². The summed E-state index contributed by atoms with van der Waals surface area (Å²) in [5.74, 6) is -1.01. The molecule has 0 heterocycles. The highest BCUT2D eigenvalue weighted by Gasteiger charge is 2.47. The minimum absolute atomic E-state index is 0.402. The van der Waals surface area contributed by atoms with Crippen molar-refractivity contribution >= 4 is 29.7 Å². The van der Waals surface area contributed by atoms with Crippen molar-refractivity contribution in [1.29, 1.82) is 0 Å². The summed E-state index contributed by atoms with van der Waals surface area (Å²) < 4.78 is 25.9. The van der Waals surface area contributed by atoms with E-state index in [9.17, 15) is 14.2 Å². The van der Waals surface area contributed by atoms with E-state index in [1.54, 1.807) is 24.3 Å². The highest BCUT2D eigenvalue weighted by Crippen LogP contribution is 2.53. The van der Waals surface area contributed by atoms with Crippen molar-refractivity contribution < 1.29 is 23.6 Å². The zero-order valence-corrected chi connectivity index (χ0v) is 17.9. The molecule has 2 aromatic rings. The van der Waals surface area contributed by atoms with Crippen LogP contribution in [-0.2, 0) is 23.6 Å². The molecule has 0 N–H and O–H groups in total. The van der Waals surface area contributed by atoms with Gasteiger partial charge in [-0.25, -0.2) is 0 Å². The molecule has 0 aromatic heterocycles. The lowest BCUT2D eigenvalue weighted by molar-refractivity contribution is -0.150. The summed E-state index contributed by atoms with van der Waals surface area (Å²) in [6.45, 7) is 8.23. The second-order valence-electron chi connectivity index (χ2n) is 6.69. The molecule has 0 aliphatic carbocycles. The van der Waals surface area contributed by atoms with Crippen LogP contribution in [0, 0.1) is 0 Å². The number of esters is 2. The minimum Gasteiger partial charge on any atom is -0.462 e. The van der Waals surface area contributed by atoms with Gasteiger partial charge in [0.2, 0.25) is 0 Å². The fourth-order valence-corrected chi connectivity index (χ4v) is 7.05. The van der Waals surface area contributed by atoms with Gasteiger partial charge in [-0.3, -0.25) is 9.59 Å². The molecule has 0 spiro atoms. The number of carbonyl (C=O) groups excluding carboxylic acids is 2. The molecule has 0 unspecified atom stereocenters. The van der Waals surface area contributed by atoms with Crippen LogP contribution in [0.5, 0.6) is 0 Å². The van der Waals surface area contributed by atoms with E-state index >= 15 is 0 Å². The highest BCUT2D eigenvalue weighted by molar-refractivity contribution is 7.79. The average Bonchev–Trinajstić information content (AvgIpc) is 2.72. The Kier molecular flexibility index (Phi) is 7.98. The first-order valence-electron chi connectivity index (χ1n) is 9.52. The van der Waals surface area contributed by atoms with Crippen LogP contribution in [-0.4, -0.2) is 29.8 Å². The maximum Gasteiger partial charge on any atom is 0.303 e. The molecule has 2 rings (SSSR count). The molecule has 0 fully saturated rings. The molecule has 0 radical (unpaired) electrons. The Bertz CT molecular complexity index is 835. The summed E-state index contributed by atoms with van der Waals surface area (Å²) in [6, 6.07) is 18.1. The van der Waals surface area contributed by atoms with Crippen molar-refractivity contribution in [2.45, 2.75) is 45.1 Å². The minimum atomic E-state index is -3.42. The first-order chi connectivity index (χ1) is 13.8. The quantitative estimate of drug-likeness (QED) is 0.354. The van der Waals surface area contributed by atoms with Crippen molar-refractivity contribution in [3.8, 4) is 0 Å². The summed E-state index contributed by atoms with van der Waals surface area (Å²) in [5.41, 5.74) is -0.817. The van der Waals surface area contributed by atoms with Gasteiger partial charge in [0.05, 0.1) is 5.66 Å². The van der Waals surface area contributed by atoms with Crippen molar-refractivity contribution in [3.05, 3.63) is 73.3 Å². The Labute approximate surface area is 172 Å². The van der Waals surface area contributed by atoms with Crippen LogP contribution < -0.4 is 10.6 Å². The summed E-state index contributed by atoms with van der Waals surface area (Å²) >= 11 is 0. The van der Waals surface area contributed by atoms with Crippen LogP contribution in [0.1, 0.15) is 27.2 Å². The second kappa shape index (κ2) is 10.2. The van der Waals surface area contributed by atoms with E-state index < -0.39 is 36.9 Å². The van der Waals surface area contributed by atoms with Gasteiger partial charge in [0.25, 0.3) is 0 Å². The summed E-state index contributed by atoms with van der Waals surface area (Å²) in [4.78, 5) is 23.6. The van der Waals surface area contributed by atoms with Crippen LogP contribution in [0.2, 0.25) is 0 Å². The van der Waals surface area contributed by atoms with Crippen molar-refractivity contribution in [2.24, 2.45) is 0 Å². The van der Waals surface area contributed by atoms with Gasteiger partial charge in [-0.05, 0) is 6.42 Å². The molecule has 154 valence electrons. The van der Waals surface area contributed by atoms with Gasteiger partial charge in [-0.15, -0.1) is 0 Å². The Balaban J connectivity index is 2.78. The van der Waals surface area contributed by atoms with Crippen LogP contribution in [0.4, 0.5) is 0 Å². The van der Waals surface area contributed by atoms with Gasteiger partial charge >= 0.3 is 11.9 Å². The standard InChI is InChI=1S/C23H27O5P/c1-5-21(27-17(3)24)23(22(6-2)28-18(4)25)29(26,19-13-9-7-10-14-19)20-15-11-8-12-16-20/h5,7-16,21-23H,1,6H2,2-4H3/t21-,22+,23-/m1/s1. The van der Waals surface area contributed by atoms with Gasteiger partial charge in [0.15, 0.2) is 7.14 Å². The van der Waals surface area contributed by atoms with E-state index in [-0.39, 0.29) is 0 Å². The number of carbonyl (C=O) groups is 2. The highest BCUT2D eigenvalue weighted by atomic mass is 31.2. The molecule has 0 saturated heterocycles. The van der Waals surface area contributed by atoms with Crippen molar-refractivity contribution in [2.75, 3.05) is 0 Å². The maximum absolute atomic E-state index is 14.8. The zero-order valence-electron chi connectivity index (χ0n) is 17.0. The lowest BCUT2D eigenvalue weighted by atomic mass is 10.1. The molecule has 2 aromatic carbocycles. The number of rotatable bonds is 9. The van der Waals surface area contributed by atoms with E-state index in [1.165, 1.54) is 19.9 Å². The monoisotopic (exact) mass is 414 g/mol. The molecule has 0 saturated carbocycles. The molecular formula is C23H27O5P. The summed E-state index contributed by atoms with van der Waals surface area (Å²) in [7, 11) is -3.42. The van der Waals surface area contributed by atoms with E-state index in [0.717, 1.165) is 0 Å². The third-order valence-electron chi connectivity index (χ3n) is 4.67. The lowest BCUT2D eigenvalue weighted by Crippen LogP contribution is -2.45. The normalized spacial score (nSPS) is 14.3. The zero-order chi connectivity index (χ0) is 21.4. The SMILES string of the molecule is C=C[C@@H](OC(C)=O)[C@H]([C@H](CC)OC(C)=O)P(=O)(c1ccccc1)c1ccccc1. The van der Waals surface area contributed by atoms with E-state index in [0.29, 0.717) is 17.0 Å². The number of benzene rings is 2. The Morgan fingerprint density at radius 3 is 1.72 bits per heavy atom. The lowest BCUT2D eigenvalue weighted by Gasteiger charge is -2.37. The average molecular weight is 414 g/mol. The third kappa shape index (κ3) is 5.24. The Morgan fingerprint density at radius 1 is 0.931 bits per heavy atom. The molecular weight excluding hydrogens is 387 g/mol. The number of hydrogen-bond acceptors (Lipinski definition) is 5. The fourth-order valence-electron chi connectivity index (χ4n) is 3.50. The number of hydrogen-bond donors (Lipinski definition) is 0. The van der Waals surface area contributed by atoms with Gasteiger partial charge in [0.1, 0.15) is 12.2 Å². The van der Waals surface area contributed by atoms with Crippen LogP contribution in [0.25, 0.3) is 0 Å². The first kappa shape index (κ1) is 22.6. The van der Waals surface area contributed by atoms with E-state index in [1.807, 2.05) is 43.3 Å². The predicted octanol–water partition coefficient (Wildman–Crippen LogP) is 3.83. The van der Waals surface area contributed by atoms with E-state index in [2.05, 4.69) is 6.58 Å². The largest absolute Gasteiger partial charge is 0.462 e. The predicted molar refractivity (Wildman–Crippen MR) is 115 cm³/mol. The van der Waals surface area contributed by atoms with E-state index in [4.69, 9.17) is 9.47 Å². The van der Waals surface area contributed by atoms with Crippen molar-refractivity contribution in [1.82, 2.24) is 0 Å². The molecule has 0 bridgehead atoms. The van der Waals surface area contributed by atoms with Gasteiger partial charge in [0, 0.05) is 24.5 Å². The molecule has 0 aliphatic heterocycles. The molecule has 6 heteroatoms. The van der Waals surface area contributed by atoms with Gasteiger partial charge in [-0.2, -0.15) is 0 Å². The first-order valence-corrected chi connectivity index (χ1v) is 11.3. The smallest absolute Gasteiger partial charge is 0.303 e. The van der Waals surface area contributed by atoms with Gasteiger partial charge in [-0.1, -0.05) is 80.2 Å². The third-order valence-corrected chi connectivity index (χ3v) is 8.27. The molecule has 29 heavy (non-hydrogen) atoms. The van der Waals surface area contributed by atoms with Crippen molar-refractivity contribution in [3.63, 3.8) is 0 Å². The van der Waals surface area contributed by atoms with Gasteiger partial charge < -0.3 is 14.0 Å². The van der Waals surface area contributed by atoms with Crippen LogP contribution in [0.15, 0.2) is 73.3 Å². The molecule has 5 nitrogen and oxygen atoms in total. The summed E-state index contributed by atoms with van der Waals surface area (Å²) in [6.07, 6.45) is 0.222. The maximum atomic E-state index is 14.8.